The van der Waals surface area contributed by atoms with Gasteiger partial charge in [-0.05, 0) is 35.3 Å². The number of benzene rings is 1. The minimum Gasteiger partial charge on any atom is -0.469 e. The summed E-state index contributed by atoms with van der Waals surface area (Å²) < 4.78 is 11.7. The number of rotatable bonds is 8. The number of esters is 1. The van der Waals surface area contributed by atoms with Crippen molar-refractivity contribution in [2.45, 2.75) is 57.9 Å². The van der Waals surface area contributed by atoms with Gasteiger partial charge >= 0.3 is 5.97 Å². The van der Waals surface area contributed by atoms with E-state index in [-0.39, 0.29) is 23.5 Å². The van der Waals surface area contributed by atoms with Crippen LogP contribution in [-0.2, 0) is 20.6 Å². The van der Waals surface area contributed by atoms with Gasteiger partial charge in [-0.15, -0.1) is 0 Å². The molecule has 1 atom stereocenters. The fourth-order valence-electron chi connectivity index (χ4n) is 2.60. The second-order valence-corrected chi connectivity index (χ2v) is 13.2. The molecule has 1 aromatic heterocycles. The zero-order valence-corrected chi connectivity index (χ0v) is 18.8. The van der Waals surface area contributed by atoms with Gasteiger partial charge in [0.05, 0.1) is 19.6 Å². The molecule has 1 unspecified atom stereocenters. The number of hydrogen-bond acceptors (Lipinski definition) is 5. The number of hydroxylamine groups is 2. The van der Waals surface area contributed by atoms with Crippen molar-refractivity contribution in [1.82, 2.24) is 10.0 Å². The maximum atomic E-state index is 12.2. The van der Waals surface area contributed by atoms with E-state index in [4.69, 9.17) is 9.26 Å². The van der Waals surface area contributed by atoms with Gasteiger partial charge in [0, 0.05) is 18.9 Å². The maximum Gasteiger partial charge on any atom is 0.307 e. The van der Waals surface area contributed by atoms with Gasteiger partial charge in [0.2, 0.25) is 8.32 Å². The van der Waals surface area contributed by atoms with E-state index in [0.717, 1.165) is 11.1 Å². The molecule has 1 heterocycles. The molecule has 0 saturated carbocycles. The summed E-state index contributed by atoms with van der Waals surface area (Å²) in [5.41, 5.74) is 2.06. The number of ether oxygens (including phenoxy) is 1. The number of methoxy groups -OCH3 is 1. The molecule has 2 rings (SSSR count). The molecule has 0 amide bonds. The van der Waals surface area contributed by atoms with Crippen LogP contribution in [0.4, 0.5) is 0 Å². The Morgan fingerprint density at radius 2 is 1.82 bits per heavy atom. The lowest BCUT2D eigenvalue weighted by molar-refractivity contribution is -0.153. The minimum absolute atomic E-state index is 0.0344. The third-order valence-electron chi connectivity index (χ3n) is 5.34. The minimum atomic E-state index is -2.13. The largest absolute Gasteiger partial charge is 0.469 e. The highest BCUT2D eigenvalue weighted by atomic mass is 28.4. The van der Waals surface area contributed by atoms with Gasteiger partial charge in [-0.25, -0.2) is 0 Å². The van der Waals surface area contributed by atoms with Crippen molar-refractivity contribution in [2.24, 2.45) is 0 Å². The molecular formula is C22H32N2O3Si. The van der Waals surface area contributed by atoms with Crippen LogP contribution in [0, 0.1) is 0 Å². The van der Waals surface area contributed by atoms with Gasteiger partial charge in [0.15, 0.2) is 0 Å². The topological polar surface area (TPSA) is 51.7 Å². The first kappa shape index (κ1) is 22.3. The van der Waals surface area contributed by atoms with Crippen LogP contribution in [0.25, 0.3) is 0 Å². The molecule has 0 aliphatic rings. The van der Waals surface area contributed by atoms with Crippen molar-refractivity contribution in [1.29, 1.82) is 0 Å². The second-order valence-electron chi connectivity index (χ2n) is 8.49. The Kier molecular flexibility index (Phi) is 7.52. The fourth-order valence-corrected chi connectivity index (χ4v) is 3.65. The zero-order valence-electron chi connectivity index (χ0n) is 17.8. The van der Waals surface area contributed by atoms with Gasteiger partial charge in [-0.1, -0.05) is 57.2 Å². The SMILES string of the molecule is COC(=O)CC(c1cccnc1)N(Cc1ccccc1)O[Si](C)(C)C(C)(C)C. The standard InChI is InChI=1S/C22H32N2O3Si/c1-22(2,3)28(5,6)27-24(17-18-11-8-7-9-12-18)20(15-21(25)26-4)19-13-10-14-23-16-19/h7-14,16,20H,15,17H2,1-6H3. The van der Waals surface area contributed by atoms with E-state index in [1.807, 2.05) is 35.4 Å². The smallest absolute Gasteiger partial charge is 0.307 e. The van der Waals surface area contributed by atoms with Gasteiger partial charge in [-0.3, -0.25) is 9.78 Å². The van der Waals surface area contributed by atoms with Crippen LogP contribution in [0.2, 0.25) is 18.1 Å². The van der Waals surface area contributed by atoms with Crippen molar-refractivity contribution in [3.8, 4) is 0 Å². The monoisotopic (exact) mass is 400 g/mol. The van der Waals surface area contributed by atoms with Crippen molar-refractivity contribution in [2.75, 3.05) is 7.11 Å². The van der Waals surface area contributed by atoms with Crippen LogP contribution in [0.1, 0.15) is 44.4 Å². The van der Waals surface area contributed by atoms with Gasteiger partial charge < -0.3 is 9.26 Å². The van der Waals surface area contributed by atoms with Gasteiger partial charge in [0.25, 0.3) is 0 Å². The Bertz CT molecular complexity index is 745. The average molecular weight is 401 g/mol. The Balaban J connectivity index is 2.43. The summed E-state index contributed by atoms with van der Waals surface area (Å²) >= 11 is 0. The predicted octanol–water partition coefficient (Wildman–Crippen LogP) is 5.12. The van der Waals surface area contributed by atoms with E-state index < -0.39 is 8.32 Å². The van der Waals surface area contributed by atoms with Crippen LogP contribution in [0.3, 0.4) is 0 Å². The fraction of sp³-hybridized carbons (Fsp3) is 0.455. The summed E-state index contributed by atoms with van der Waals surface area (Å²) in [7, 11) is -0.710. The highest BCUT2D eigenvalue weighted by Gasteiger charge is 2.41. The van der Waals surface area contributed by atoms with E-state index >= 15 is 0 Å². The summed E-state index contributed by atoms with van der Waals surface area (Å²) in [6.45, 7) is 11.6. The summed E-state index contributed by atoms with van der Waals surface area (Å²) in [5.74, 6) is -0.272. The number of aromatic nitrogens is 1. The molecule has 1 aromatic carbocycles. The van der Waals surface area contributed by atoms with Crippen LogP contribution >= 0.6 is 0 Å². The normalized spacial score (nSPS) is 13.4. The lowest BCUT2D eigenvalue weighted by atomic mass is 10.0. The van der Waals surface area contributed by atoms with Crippen molar-refractivity contribution < 1.29 is 14.1 Å². The van der Waals surface area contributed by atoms with E-state index in [1.54, 1.807) is 12.4 Å². The molecule has 0 aliphatic heterocycles. The van der Waals surface area contributed by atoms with Gasteiger partial charge in [0.1, 0.15) is 0 Å². The molecular weight excluding hydrogens is 368 g/mol. The summed E-state index contributed by atoms with van der Waals surface area (Å²) in [6.07, 6.45) is 3.72. The lowest BCUT2D eigenvalue weighted by Crippen LogP contribution is -2.47. The molecule has 0 radical (unpaired) electrons. The number of nitrogens with zero attached hydrogens (tertiary/aromatic N) is 2. The molecule has 6 heteroatoms. The van der Waals surface area contributed by atoms with E-state index in [9.17, 15) is 4.79 Å². The first-order valence-corrected chi connectivity index (χ1v) is 12.5. The molecule has 0 bridgehead atoms. The van der Waals surface area contributed by atoms with Crippen molar-refractivity contribution >= 4 is 14.3 Å². The third-order valence-corrected chi connectivity index (χ3v) is 9.64. The second kappa shape index (κ2) is 9.45. The van der Waals surface area contributed by atoms with Crippen LogP contribution in [0.15, 0.2) is 54.9 Å². The summed E-state index contributed by atoms with van der Waals surface area (Å²) in [6, 6.07) is 13.7. The highest BCUT2D eigenvalue weighted by Crippen LogP contribution is 2.39. The molecule has 152 valence electrons. The number of carbonyl (C=O) groups is 1. The molecule has 0 spiro atoms. The van der Waals surface area contributed by atoms with Crippen molar-refractivity contribution in [3.63, 3.8) is 0 Å². The predicted molar refractivity (Wildman–Crippen MR) is 114 cm³/mol. The van der Waals surface area contributed by atoms with E-state index in [1.165, 1.54) is 7.11 Å². The first-order valence-electron chi connectivity index (χ1n) is 9.60. The van der Waals surface area contributed by atoms with Crippen LogP contribution in [0.5, 0.6) is 0 Å². The van der Waals surface area contributed by atoms with Crippen LogP contribution in [-0.4, -0.2) is 31.4 Å². The average Bonchev–Trinajstić information content (AvgIpc) is 2.66. The molecule has 28 heavy (non-hydrogen) atoms. The maximum absolute atomic E-state index is 12.2. The van der Waals surface area contributed by atoms with E-state index in [0.29, 0.717) is 6.54 Å². The van der Waals surface area contributed by atoms with E-state index in [2.05, 4.69) is 51.0 Å². The molecule has 0 fully saturated rings. The Labute approximate surface area is 169 Å². The Morgan fingerprint density at radius 1 is 1.14 bits per heavy atom. The zero-order chi connectivity index (χ0) is 20.8. The highest BCUT2D eigenvalue weighted by molar-refractivity contribution is 6.74. The molecule has 0 saturated heterocycles. The number of pyridine rings is 1. The molecule has 2 aromatic rings. The summed E-state index contributed by atoms with van der Waals surface area (Å²) in [5, 5.41) is 1.99. The Morgan fingerprint density at radius 3 is 2.36 bits per heavy atom. The number of hydrogen-bond donors (Lipinski definition) is 0. The lowest BCUT2D eigenvalue weighted by Gasteiger charge is -2.42. The molecule has 5 nitrogen and oxygen atoms in total. The third kappa shape index (κ3) is 5.99. The van der Waals surface area contributed by atoms with Gasteiger partial charge in [-0.2, -0.15) is 5.06 Å². The Hall–Kier alpha value is -2.02. The molecule has 0 aliphatic carbocycles. The van der Waals surface area contributed by atoms with Crippen molar-refractivity contribution in [3.05, 3.63) is 66.0 Å². The summed E-state index contributed by atoms with van der Waals surface area (Å²) in [4.78, 5) is 16.5. The quantitative estimate of drug-likeness (QED) is 0.349. The first-order chi connectivity index (χ1) is 13.1. The number of carbonyl (C=O) groups excluding carboxylic acids is 1. The van der Waals surface area contributed by atoms with Crippen LogP contribution < -0.4 is 0 Å². The molecule has 0 N–H and O–H groups in total.